The summed E-state index contributed by atoms with van der Waals surface area (Å²) in [5.74, 6) is 0.829. The number of imidazole rings is 1. The number of hydrogen-bond acceptors (Lipinski definition) is 3. The van der Waals surface area contributed by atoms with Crippen LogP contribution in [0.2, 0.25) is 0 Å². The highest BCUT2D eigenvalue weighted by atomic mass is 16.5. The van der Waals surface area contributed by atoms with E-state index in [1.54, 1.807) is 6.20 Å². The molecular formula is C17H25N3O2. The summed E-state index contributed by atoms with van der Waals surface area (Å²) in [7, 11) is 0. The number of rotatable bonds is 4. The molecule has 120 valence electrons. The molecule has 1 N–H and O–H groups in total. The number of nitrogens with zero attached hydrogens (tertiary/aromatic N) is 2. The van der Waals surface area contributed by atoms with Crippen LogP contribution in [0.3, 0.4) is 0 Å². The van der Waals surface area contributed by atoms with Gasteiger partial charge in [0.15, 0.2) is 0 Å². The van der Waals surface area contributed by atoms with Crippen LogP contribution in [0.5, 0.6) is 0 Å². The summed E-state index contributed by atoms with van der Waals surface area (Å²) >= 11 is 0. The maximum absolute atomic E-state index is 12.8. The SMILES string of the molecule is CCn1ccnc1[C@@H]1OCC[C@H]1C(=O)NC1(C)CC=CCC1. The Balaban J connectivity index is 1.73. The molecule has 2 aliphatic rings. The third-order valence-corrected chi connectivity index (χ3v) is 4.79. The first-order valence-corrected chi connectivity index (χ1v) is 8.22. The van der Waals surface area contributed by atoms with Crippen molar-refractivity contribution < 1.29 is 9.53 Å². The maximum atomic E-state index is 12.8. The van der Waals surface area contributed by atoms with Gasteiger partial charge in [0, 0.05) is 31.1 Å². The minimum atomic E-state index is -0.224. The van der Waals surface area contributed by atoms with Gasteiger partial charge in [-0.25, -0.2) is 4.98 Å². The zero-order valence-corrected chi connectivity index (χ0v) is 13.4. The van der Waals surface area contributed by atoms with Crippen LogP contribution in [-0.4, -0.2) is 27.6 Å². The molecule has 0 bridgehead atoms. The van der Waals surface area contributed by atoms with Crippen LogP contribution in [0, 0.1) is 5.92 Å². The summed E-state index contributed by atoms with van der Waals surface area (Å²) in [6, 6.07) is 0. The van der Waals surface area contributed by atoms with Crippen LogP contribution >= 0.6 is 0 Å². The Morgan fingerprint density at radius 2 is 2.41 bits per heavy atom. The van der Waals surface area contributed by atoms with Crippen molar-refractivity contribution in [1.29, 1.82) is 0 Å². The third-order valence-electron chi connectivity index (χ3n) is 4.79. The van der Waals surface area contributed by atoms with Gasteiger partial charge in [0.1, 0.15) is 11.9 Å². The van der Waals surface area contributed by atoms with Gasteiger partial charge in [-0.3, -0.25) is 4.79 Å². The van der Waals surface area contributed by atoms with Crippen LogP contribution in [0.4, 0.5) is 0 Å². The molecule has 5 heteroatoms. The minimum Gasteiger partial charge on any atom is -0.369 e. The smallest absolute Gasteiger partial charge is 0.226 e. The van der Waals surface area contributed by atoms with Crippen LogP contribution in [0.15, 0.2) is 24.5 Å². The van der Waals surface area contributed by atoms with Gasteiger partial charge in [-0.2, -0.15) is 0 Å². The Morgan fingerprint density at radius 1 is 1.55 bits per heavy atom. The van der Waals surface area contributed by atoms with Crippen molar-refractivity contribution >= 4 is 5.91 Å². The number of ether oxygens (including phenoxy) is 1. The molecule has 0 spiro atoms. The molecule has 3 rings (SSSR count). The number of amides is 1. The number of carbonyl (C=O) groups is 1. The third kappa shape index (κ3) is 2.95. The highest BCUT2D eigenvalue weighted by Crippen LogP contribution is 2.35. The van der Waals surface area contributed by atoms with Gasteiger partial charge < -0.3 is 14.6 Å². The van der Waals surface area contributed by atoms with Crippen molar-refractivity contribution in [3.63, 3.8) is 0 Å². The number of allylic oxidation sites excluding steroid dienone is 1. The second kappa shape index (κ2) is 6.24. The van der Waals surface area contributed by atoms with Crippen LogP contribution in [-0.2, 0) is 16.1 Å². The second-order valence-corrected chi connectivity index (χ2v) is 6.52. The molecule has 1 saturated heterocycles. The van der Waals surface area contributed by atoms with Gasteiger partial charge in [0.2, 0.25) is 5.91 Å². The Bertz CT molecular complexity index is 566. The number of carbonyl (C=O) groups excluding carboxylic acids is 1. The lowest BCUT2D eigenvalue weighted by Crippen LogP contribution is -2.49. The lowest BCUT2D eigenvalue weighted by molar-refractivity contribution is -0.128. The average Bonchev–Trinajstić information content (AvgIpc) is 3.15. The van der Waals surface area contributed by atoms with Gasteiger partial charge in [-0.15, -0.1) is 0 Å². The molecule has 2 heterocycles. The van der Waals surface area contributed by atoms with E-state index in [-0.39, 0.29) is 23.5 Å². The first-order chi connectivity index (χ1) is 10.6. The molecule has 1 fully saturated rings. The molecule has 5 nitrogen and oxygen atoms in total. The van der Waals surface area contributed by atoms with E-state index in [2.05, 4.69) is 40.9 Å². The van der Waals surface area contributed by atoms with Crippen LogP contribution < -0.4 is 5.32 Å². The maximum Gasteiger partial charge on any atom is 0.226 e. The zero-order chi connectivity index (χ0) is 15.6. The molecule has 1 aliphatic carbocycles. The number of hydrogen-bond donors (Lipinski definition) is 1. The number of aryl methyl sites for hydroxylation is 1. The first kappa shape index (κ1) is 15.3. The summed E-state index contributed by atoms with van der Waals surface area (Å²) < 4.78 is 7.89. The molecule has 0 saturated carbocycles. The zero-order valence-electron chi connectivity index (χ0n) is 13.4. The average molecular weight is 303 g/mol. The quantitative estimate of drug-likeness (QED) is 0.870. The Kier molecular flexibility index (Phi) is 4.34. The summed E-state index contributed by atoms with van der Waals surface area (Å²) in [5, 5.41) is 3.26. The van der Waals surface area contributed by atoms with E-state index in [1.165, 1.54) is 0 Å². The molecule has 0 aromatic carbocycles. The van der Waals surface area contributed by atoms with Gasteiger partial charge in [-0.05, 0) is 39.5 Å². The fourth-order valence-corrected chi connectivity index (χ4v) is 3.43. The fourth-order valence-electron chi connectivity index (χ4n) is 3.43. The number of nitrogens with one attached hydrogen (secondary N) is 1. The topological polar surface area (TPSA) is 56.2 Å². The van der Waals surface area contributed by atoms with Crippen molar-refractivity contribution in [2.75, 3.05) is 6.61 Å². The van der Waals surface area contributed by atoms with E-state index in [9.17, 15) is 4.79 Å². The van der Waals surface area contributed by atoms with E-state index in [1.807, 2.05) is 6.20 Å². The molecule has 22 heavy (non-hydrogen) atoms. The van der Waals surface area contributed by atoms with E-state index >= 15 is 0 Å². The second-order valence-electron chi connectivity index (χ2n) is 6.52. The van der Waals surface area contributed by atoms with Crippen LogP contribution in [0.25, 0.3) is 0 Å². The lowest BCUT2D eigenvalue weighted by atomic mass is 9.86. The Morgan fingerprint density at radius 3 is 3.14 bits per heavy atom. The highest BCUT2D eigenvalue weighted by molar-refractivity contribution is 5.80. The molecule has 1 unspecified atom stereocenters. The molecule has 1 aromatic rings. The normalized spacial score (nSPS) is 31.4. The van der Waals surface area contributed by atoms with Crippen molar-refractivity contribution in [2.45, 2.75) is 57.7 Å². The molecule has 0 radical (unpaired) electrons. The standard InChI is InChI=1S/C17H25N3O2/c1-3-20-11-10-18-15(20)14-13(7-12-22-14)16(21)19-17(2)8-5-4-6-9-17/h4-5,10-11,13-14H,3,6-9,12H2,1-2H3,(H,19,21)/t13-,14-,17?/m1/s1. The predicted octanol–water partition coefficient (Wildman–Crippen LogP) is 2.60. The predicted molar refractivity (Wildman–Crippen MR) is 84.2 cm³/mol. The Hall–Kier alpha value is -1.62. The molecule has 1 amide bonds. The first-order valence-electron chi connectivity index (χ1n) is 8.22. The molecule has 1 aliphatic heterocycles. The molecule has 1 aromatic heterocycles. The van der Waals surface area contributed by atoms with Crippen molar-refractivity contribution in [3.05, 3.63) is 30.4 Å². The summed E-state index contributed by atoms with van der Waals surface area (Å²) in [4.78, 5) is 17.2. The monoisotopic (exact) mass is 303 g/mol. The van der Waals surface area contributed by atoms with E-state index in [0.29, 0.717) is 6.61 Å². The van der Waals surface area contributed by atoms with Gasteiger partial charge in [0.05, 0.1) is 5.92 Å². The van der Waals surface area contributed by atoms with Gasteiger partial charge in [0.25, 0.3) is 0 Å². The fraction of sp³-hybridized carbons (Fsp3) is 0.647. The van der Waals surface area contributed by atoms with Crippen molar-refractivity contribution in [1.82, 2.24) is 14.9 Å². The van der Waals surface area contributed by atoms with Crippen LogP contribution in [0.1, 0.15) is 51.5 Å². The minimum absolute atomic E-state index is 0.103. The summed E-state index contributed by atoms with van der Waals surface area (Å²) in [5.41, 5.74) is -0.126. The van der Waals surface area contributed by atoms with E-state index < -0.39 is 0 Å². The van der Waals surface area contributed by atoms with E-state index in [4.69, 9.17) is 4.74 Å². The molecule has 3 atom stereocenters. The number of aromatic nitrogens is 2. The molecular weight excluding hydrogens is 278 g/mol. The van der Waals surface area contributed by atoms with Gasteiger partial charge >= 0.3 is 0 Å². The Labute approximate surface area is 131 Å². The summed E-state index contributed by atoms with van der Waals surface area (Å²) in [6.07, 6.45) is 11.5. The van der Waals surface area contributed by atoms with Crippen molar-refractivity contribution in [2.24, 2.45) is 5.92 Å². The lowest BCUT2D eigenvalue weighted by Gasteiger charge is -2.33. The van der Waals surface area contributed by atoms with E-state index in [0.717, 1.165) is 38.1 Å². The highest BCUT2D eigenvalue weighted by Gasteiger charge is 2.40. The summed E-state index contributed by atoms with van der Waals surface area (Å²) in [6.45, 7) is 5.67. The largest absolute Gasteiger partial charge is 0.369 e. The van der Waals surface area contributed by atoms with Crippen molar-refractivity contribution in [3.8, 4) is 0 Å². The van der Waals surface area contributed by atoms with Gasteiger partial charge in [-0.1, -0.05) is 12.2 Å².